The van der Waals surface area contributed by atoms with Gasteiger partial charge < -0.3 is 15.0 Å². The molecule has 6 heteroatoms. The second-order valence-electron chi connectivity index (χ2n) is 6.08. The van der Waals surface area contributed by atoms with Crippen LogP contribution in [0.2, 0.25) is 0 Å². The molecule has 1 amide bonds. The highest BCUT2D eigenvalue weighted by atomic mass is 16.3. The van der Waals surface area contributed by atoms with E-state index in [1.807, 2.05) is 19.1 Å². The molecule has 0 aliphatic heterocycles. The fourth-order valence-electron chi connectivity index (χ4n) is 2.93. The molecular weight excluding hydrogens is 318 g/mol. The summed E-state index contributed by atoms with van der Waals surface area (Å²) in [4.78, 5) is 29.1. The Hall–Kier alpha value is -3.02. The predicted molar refractivity (Wildman–Crippen MR) is 96.7 cm³/mol. The highest BCUT2D eigenvalue weighted by Gasteiger charge is 2.18. The topological polar surface area (TPSA) is 78.3 Å². The number of nitrogens with one attached hydrogen (secondary N) is 1. The zero-order valence-corrected chi connectivity index (χ0v) is 14.3. The number of hydrogen-bond donors (Lipinski definition) is 2. The Morgan fingerprint density at radius 2 is 2.00 bits per heavy atom. The number of hydrogen-bond acceptors (Lipinski definition) is 3. The van der Waals surface area contributed by atoms with Crippen LogP contribution in [0.25, 0.3) is 11.0 Å². The summed E-state index contributed by atoms with van der Waals surface area (Å²) in [6.07, 6.45) is 0.809. The number of aryl methyl sites for hydroxylation is 1. The monoisotopic (exact) mass is 339 g/mol. The highest BCUT2D eigenvalue weighted by molar-refractivity contribution is 5.97. The number of carbonyl (C=O) groups is 1. The van der Waals surface area contributed by atoms with Crippen molar-refractivity contribution in [3.8, 4) is 5.75 Å². The molecule has 0 unspecified atom stereocenters. The van der Waals surface area contributed by atoms with E-state index < -0.39 is 0 Å². The maximum absolute atomic E-state index is 12.9. The van der Waals surface area contributed by atoms with Crippen LogP contribution in [0.5, 0.6) is 5.75 Å². The van der Waals surface area contributed by atoms with Crippen LogP contribution in [-0.2, 0) is 13.6 Å². The van der Waals surface area contributed by atoms with Gasteiger partial charge in [0.15, 0.2) is 0 Å². The number of carbonyl (C=O) groups excluding carboxylic acids is 1. The van der Waals surface area contributed by atoms with Crippen LogP contribution in [0.1, 0.15) is 29.3 Å². The smallest absolute Gasteiger partial charge is 0.326 e. The molecule has 0 bridgehead atoms. The van der Waals surface area contributed by atoms with Gasteiger partial charge in [0.25, 0.3) is 5.91 Å². The van der Waals surface area contributed by atoms with Gasteiger partial charge in [-0.3, -0.25) is 9.36 Å². The van der Waals surface area contributed by atoms with Crippen molar-refractivity contribution in [3.63, 3.8) is 0 Å². The number of amides is 1. The van der Waals surface area contributed by atoms with Gasteiger partial charge in [-0.15, -0.1) is 0 Å². The molecule has 25 heavy (non-hydrogen) atoms. The number of phenolic OH excluding ortho intramolecular Hbond substituents is 1. The molecule has 0 saturated carbocycles. The number of imidazole rings is 1. The lowest BCUT2D eigenvalue weighted by atomic mass is 10.1. The van der Waals surface area contributed by atoms with E-state index >= 15 is 0 Å². The summed E-state index contributed by atoms with van der Waals surface area (Å²) in [6.45, 7) is 2.92. The number of phenols is 1. The number of rotatable bonds is 5. The number of H-pyrrole nitrogens is 1. The van der Waals surface area contributed by atoms with Crippen molar-refractivity contribution in [2.45, 2.75) is 19.9 Å². The normalized spacial score (nSPS) is 11.0. The average molecular weight is 339 g/mol. The molecule has 130 valence electrons. The summed E-state index contributed by atoms with van der Waals surface area (Å²) >= 11 is 0. The maximum atomic E-state index is 12.9. The third kappa shape index (κ3) is 3.28. The molecule has 0 saturated heterocycles. The zero-order chi connectivity index (χ0) is 18.0. The van der Waals surface area contributed by atoms with E-state index in [4.69, 9.17) is 0 Å². The van der Waals surface area contributed by atoms with E-state index in [0.29, 0.717) is 29.7 Å². The highest BCUT2D eigenvalue weighted by Crippen LogP contribution is 2.20. The van der Waals surface area contributed by atoms with Gasteiger partial charge in [0.05, 0.1) is 11.0 Å². The third-order valence-corrected chi connectivity index (χ3v) is 4.28. The molecule has 0 spiro atoms. The molecule has 0 aliphatic rings. The Bertz CT molecular complexity index is 971. The van der Waals surface area contributed by atoms with E-state index in [0.717, 1.165) is 11.9 Å². The first-order valence-corrected chi connectivity index (χ1v) is 8.26. The van der Waals surface area contributed by atoms with Gasteiger partial charge in [0.1, 0.15) is 5.75 Å². The molecule has 6 nitrogen and oxygen atoms in total. The van der Waals surface area contributed by atoms with E-state index in [1.165, 1.54) is 4.57 Å². The van der Waals surface area contributed by atoms with Gasteiger partial charge in [-0.05, 0) is 30.7 Å². The van der Waals surface area contributed by atoms with Gasteiger partial charge in [-0.2, -0.15) is 0 Å². The minimum Gasteiger partial charge on any atom is -0.508 e. The summed E-state index contributed by atoms with van der Waals surface area (Å²) in [6, 6.07) is 12.2. The lowest BCUT2D eigenvalue weighted by Crippen LogP contribution is -2.31. The van der Waals surface area contributed by atoms with Crippen LogP contribution < -0.4 is 5.69 Å². The molecule has 0 radical (unpaired) electrons. The van der Waals surface area contributed by atoms with Crippen molar-refractivity contribution >= 4 is 16.9 Å². The first-order valence-electron chi connectivity index (χ1n) is 8.26. The van der Waals surface area contributed by atoms with Crippen LogP contribution in [0.15, 0.2) is 47.3 Å². The number of aromatic amines is 1. The molecule has 1 heterocycles. The summed E-state index contributed by atoms with van der Waals surface area (Å²) in [5.74, 6) is 0.0518. The van der Waals surface area contributed by atoms with Gasteiger partial charge in [-0.1, -0.05) is 25.1 Å². The quantitative estimate of drug-likeness (QED) is 0.750. The number of benzene rings is 2. The molecule has 0 fully saturated rings. The van der Waals surface area contributed by atoms with Gasteiger partial charge in [0, 0.05) is 31.3 Å². The first kappa shape index (κ1) is 16.8. The molecule has 2 N–H and O–H groups in total. The zero-order valence-electron chi connectivity index (χ0n) is 14.3. The third-order valence-electron chi connectivity index (χ3n) is 4.28. The second kappa shape index (κ2) is 6.84. The van der Waals surface area contributed by atoms with E-state index in [2.05, 4.69) is 4.98 Å². The van der Waals surface area contributed by atoms with Crippen LogP contribution in [0.4, 0.5) is 0 Å². The molecular formula is C19H21N3O3. The number of fused-ring (bicyclic) bond motifs is 1. The molecule has 0 atom stereocenters. The van der Waals surface area contributed by atoms with Crippen molar-refractivity contribution in [1.29, 1.82) is 0 Å². The summed E-state index contributed by atoms with van der Waals surface area (Å²) in [5.41, 5.74) is 2.40. The maximum Gasteiger partial charge on any atom is 0.326 e. The first-order chi connectivity index (χ1) is 12.0. The van der Waals surface area contributed by atoms with E-state index in [9.17, 15) is 14.7 Å². The average Bonchev–Trinajstić information content (AvgIpc) is 2.89. The summed E-state index contributed by atoms with van der Waals surface area (Å²) < 4.78 is 1.51. The molecule has 0 aliphatic carbocycles. The fraction of sp³-hybridized carbons (Fsp3) is 0.263. The van der Waals surface area contributed by atoms with Gasteiger partial charge >= 0.3 is 5.69 Å². The lowest BCUT2D eigenvalue weighted by Gasteiger charge is -2.23. The Morgan fingerprint density at radius 1 is 1.24 bits per heavy atom. The Balaban J connectivity index is 1.92. The predicted octanol–water partition coefficient (Wildman–Crippen LogP) is 2.62. The van der Waals surface area contributed by atoms with Crippen LogP contribution in [-0.4, -0.2) is 32.0 Å². The van der Waals surface area contributed by atoms with Crippen molar-refractivity contribution in [2.24, 2.45) is 7.05 Å². The van der Waals surface area contributed by atoms with Gasteiger partial charge in [0.2, 0.25) is 0 Å². The summed E-state index contributed by atoms with van der Waals surface area (Å²) in [5, 5.41) is 9.97. The van der Waals surface area contributed by atoms with Crippen LogP contribution in [0.3, 0.4) is 0 Å². The molecule has 3 aromatic rings. The standard InChI is InChI=1S/C19H21N3O3/c1-3-10-22(12-14-6-4-5-7-17(14)23)18(24)13-8-9-16-15(11-13)20-19(25)21(16)2/h4-9,11,23H,3,10,12H2,1-2H3,(H,20,25). The van der Waals surface area contributed by atoms with Crippen molar-refractivity contribution in [3.05, 3.63) is 64.1 Å². The Labute approximate surface area is 145 Å². The van der Waals surface area contributed by atoms with Crippen molar-refractivity contribution < 1.29 is 9.90 Å². The minimum atomic E-state index is -0.209. The minimum absolute atomic E-state index is 0.128. The number of aromatic nitrogens is 2. The van der Waals surface area contributed by atoms with E-state index in [-0.39, 0.29) is 17.3 Å². The van der Waals surface area contributed by atoms with Gasteiger partial charge in [-0.25, -0.2) is 4.79 Å². The van der Waals surface area contributed by atoms with E-state index in [1.54, 1.807) is 42.3 Å². The summed E-state index contributed by atoms with van der Waals surface area (Å²) in [7, 11) is 1.68. The number of para-hydroxylation sites is 1. The number of aromatic hydroxyl groups is 1. The largest absolute Gasteiger partial charge is 0.508 e. The molecule has 3 rings (SSSR count). The molecule has 2 aromatic carbocycles. The van der Waals surface area contributed by atoms with Crippen LogP contribution in [0, 0.1) is 0 Å². The number of nitrogens with zero attached hydrogens (tertiary/aromatic N) is 2. The Morgan fingerprint density at radius 3 is 2.72 bits per heavy atom. The van der Waals surface area contributed by atoms with Crippen molar-refractivity contribution in [1.82, 2.24) is 14.5 Å². The Kier molecular flexibility index (Phi) is 4.61. The van der Waals surface area contributed by atoms with Crippen LogP contribution >= 0.6 is 0 Å². The second-order valence-corrected chi connectivity index (χ2v) is 6.08. The molecule has 1 aromatic heterocycles. The lowest BCUT2D eigenvalue weighted by molar-refractivity contribution is 0.0742. The SMILES string of the molecule is CCCN(Cc1ccccc1O)C(=O)c1ccc2c(c1)[nH]c(=O)n2C. The fourth-order valence-corrected chi connectivity index (χ4v) is 2.93. The van der Waals surface area contributed by atoms with Crippen molar-refractivity contribution in [2.75, 3.05) is 6.54 Å².